The molecule has 1 aromatic rings. The predicted molar refractivity (Wildman–Crippen MR) is 48.4 cm³/mol. The molecule has 0 aromatic heterocycles. The molecular formula is C8H9N2P. The lowest BCUT2D eigenvalue weighted by Gasteiger charge is -1.99. The maximum Gasteiger partial charge on any atom is 0.0998 e. The largest absolute Gasteiger partial charge is 0.326 e. The van der Waals surface area contributed by atoms with Crippen molar-refractivity contribution in [2.75, 3.05) is 0 Å². The molecule has 0 aliphatic heterocycles. The van der Waals surface area contributed by atoms with Gasteiger partial charge in [-0.1, -0.05) is 12.1 Å². The predicted octanol–water partition coefficient (Wildman–Crippen LogP) is 0.517. The van der Waals surface area contributed by atoms with E-state index >= 15 is 0 Å². The number of nitrogens with two attached hydrogens (primary N) is 1. The van der Waals surface area contributed by atoms with Crippen molar-refractivity contribution in [2.24, 2.45) is 5.73 Å². The molecule has 56 valence electrons. The van der Waals surface area contributed by atoms with Crippen molar-refractivity contribution in [3.05, 3.63) is 29.3 Å². The highest BCUT2D eigenvalue weighted by Crippen LogP contribution is 2.03. The van der Waals surface area contributed by atoms with Crippen molar-refractivity contribution in [3.8, 4) is 6.07 Å². The summed E-state index contributed by atoms with van der Waals surface area (Å²) >= 11 is 0. The van der Waals surface area contributed by atoms with Gasteiger partial charge in [0.1, 0.15) is 0 Å². The molecule has 2 nitrogen and oxygen atoms in total. The molecular weight excluding hydrogens is 155 g/mol. The summed E-state index contributed by atoms with van der Waals surface area (Å²) in [6.45, 7) is 0.486. The highest BCUT2D eigenvalue weighted by atomic mass is 31.0. The van der Waals surface area contributed by atoms with Crippen LogP contribution in [0.5, 0.6) is 0 Å². The Morgan fingerprint density at radius 2 is 2.27 bits per heavy atom. The Labute approximate surface area is 68.2 Å². The highest BCUT2D eigenvalue weighted by Gasteiger charge is 1.96. The maximum atomic E-state index is 8.63. The van der Waals surface area contributed by atoms with Gasteiger partial charge < -0.3 is 5.73 Å². The standard InChI is InChI=1S/C8H9N2P/c9-4-6-1-2-8(11)7(3-6)5-10/h1-3H,4,9,11H2. The molecule has 11 heavy (non-hydrogen) atoms. The van der Waals surface area contributed by atoms with Crippen LogP contribution in [0, 0.1) is 11.3 Å². The van der Waals surface area contributed by atoms with Gasteiger partial charge in [-0.2, -0.15) is 5.26 Å². The van der Waals surface area contributed by atoms with Crippen molar-refractivity contribution in [2.45, 2.75) is 6.54 Å². The van der Waals surface area contributed by atoms with Crippen LogP contribution in [0.15, 0.2) is 18.2 Å². The lowest BCUT2D eigenvalue weighted by atomic mass is 10.1. The van der Waals surface area contributed by atoms with E-state index in [0.717, 1.165) is 10.9 Å². The second kappa shape index (κ2) is 3.48. The minimum Gasteiger partial charge on any atom is -0.326 e. The third-order valence-electron chi connectivity index (χ3n) is 1.47. The summed E-state index contributed by atoms with van der Waals surface area (Å²) in [5, 5.41) is 9.56. The molecule has 1 unspecified atom stereocenters. The molecule has 0 aliphatic rings. The van der Waals surface area contributed by atoms with Gasteiger partial charge >= 0.3 is 0 Å². The Morgan fingerprint density at radius 3 is 2.82 bits per heavy atom. The van der Waals surface area contributed by atoms with E-state index in [4.69, 9.17) is 11.0 Å². The van der Waals surface area contributed by atoms with Gasteiger partial charge in [0.15, 0.2) is 0 Å². The number of rotatable bonds is 1. The van der Waals surface area contributed by atoms with E-state index in [9.17, 15) is 0 Å². The zero-order chi connectivity index (χ0) is 8.27. The third-order valence-corrected chi connectivity index (χ3v) is 1.98. The zero-order valence-corrected chi connectivity index (χ0v) is 7.20. The second-order valence-electron chi connectivity index (χ2n) is 2.24. The van der Waals surface area contributed by atoms with E-state index in [0.29, 0.717) is 12.1 Å². The van der Waals surface area contributed by atoms with Crippen molar-refractivity contribution in [1.82, 2.24) is 0 Å². The Bertz CT molecular complexity index is 301. The van der Waals surface area contributed by atoms with E-state index in [1.165, 1.54) is 0 Å². The molecule has 2 N–H and O–H groups in total. The van der Waals surface area contributed by atoms with Crippen LogP contribution in [-0.2, 0) is 6.54 Å². The Kier molecular flexibility index (Phi) is 2.59. The van der Waals surface area contributed by atoms with Crippen LogP contribution in [0.25, 0.3) is 0 Å². The van der Waals surface area contributed by atoms with Gasteiger partial charge in [0.25, 0.3) is 0 Å². The van der Waals surface area contributed by atoms with Gasteiger partial charge in [0.05, 0.1) is 11.6 Å². The van der Waals surface area contributed by atoms with Crippen molar-refractivity contribution >= 4 is 14.5 Å². The third kappa shape index (κ3) is 1.77. The lowest BCUT2D eigenvalue weighted by molar-refractivity contribution is 1.07. The first-order chi connectivity index (χ1) is 5.27. The second-order valence-corrected chi connectivity index (χ2v) is 2.86. The first-order valence-corrected chi connectivity index (χ1v) is 3.84. The van der Waals surface area contributed by atoms with E-state index in [-0.39, 0.29) is 0 Å². The molecule has 0 fully saturated rings. The number of hydrogen-bond donors (Lipinski definition) is 1. The smallest absolute Gasteiger partial charge is 0.0998 e. The van der Waals surface area contributed by atoms with Gasteiger partial charge in [-0.25, -0.2) is 0 Å². The van der Waals surface area contributed by atoms with Crippen molar-refractivity contribution < 1.29 is 0 Å². The fraction of sp³-hybridized carbons (Fsp3) is 0.125. The van der Waals surface area contributed by atoms with Crippen molar-refractivity contribution in [3.63, 3.8) is 0 Å². The Hall–Kier alpha value is -0.900. The number of nitriles is 1. The summed E-state index contributed by atoms with van der Waals surface area (Å²) in [5.74, 6) is 0. The van der Waals surface area contributed by atoms with E-state index in [1.54, 1.807) is 0 Å². The first-order valence-electron chi connectivity index (χ1n) is 3.26. The average Bonchev–Trinajstić information content (AvgIpc) is 2.05. The van der Waals surface area contributed by atoms with Crippen LogP contribution >= 0.6 is 9.24 Å². The minimum absolute atomic E-state index is 0.486. The highest BCUT2D eigenvalue weighted by molar-refractivity contribution is 7.27. The molecule has 0 radical (unpaired) electrons. The van der Waals surface area contributed by atoms with E-state index in [2.05, 4.69) is 15.3 Å². The van der Waals surface area contributed by atoms with Gasteiger partial charge in [0.2, 0.25) is 0 Å². The van der Waals surface area contributed by atoms with Crippen LogP contribution in [0.4, 0.5) is 0 Å². The van der Waals surface area contributed by atoms with Gasteiger partial charge in [0, 0.05) is 6.54 Å². The van der Waals surface area contributed by atoms with E-state index in [1.807, 2.05) is 18.2 Å². The van der Waals surface area contributed by atoms with E-state index < -0.39 is 0 Å². The monoisotopic (exact) mass is 164 g/mol. The molecule has 0 aliphatic carbocycles. The average molecular weight is 164 g/mol. The molecule has 3 heteroatoms. The number of benzene rings is 1. The van der Waals surface area contributed by atoms with Crippen LogP contribution in [0.2, 0.25) is 0 Å². The van der Waals surface area contributed by atoms with Crippen LogP contribution < -0.4 is 11.0 Å². The number of nitrogens with zero attached hydrogens (tertiary/aromatic N) is 1. The summed E-state index contributed by atoms with van der Waals surface area (Å²) in [6.07, 6.45) is 0. The summed E-state index contributed by atoms with van der Waals surface area (Å²) in [7, 11) is 2.51. The molecule has 0 amide bonds. The molecule has 0 heterocycles. The molecule has 0 saturated carbocycles. The fourth-order valence-corrected chi connectivity index (χ4v) is 1.07. The number of hydrogen-bond acceptors (Lipinski definition) is 2. The molecule has 1 atom stereocenters. The first kappa shape index (κ1) is 8.20. The molecule has 1 aromatic carbocycles. The zero-order valence-electron chi connectivity index (χ0n) is 6.04. The Balaban J connectivity index is 3.15. The van der Waals surface area contributed by atoms with Gasteiger partial charge in [-0.05, 0) is 16.9 Å². The maximum absolute atomic E-state index is 8.63. The summed E-state index contributed by atoms with van der Waals surface area (Å²) in [5.41, 5.74) is 7.08. The Morgan fingerprint density at radius 1 is 1.55 bits per heavy atom. The van der Waals surface area contributed by atoms with Gasteiger partial charge in [-0.3, -0.25) is 0 Å². The lowest BCUT2D eigenvalue weighted by Crippen LogP contribution is -2.02. The van der Waals surface area contributed by atoms with Crippen LogP contribution in [0.3, 0.4) is 0 Å². The topological polar surface area (TPSA) is 49.8 Å². The minimum atomic E-state index is 0.486. The SMILES string of the molecule is N#Cc1cc(CN)ccc1P. The molecule has 0 spiro atoms. The summed E-state index contributed by atoms with van der Waals surface area (Å²) < 4.78 is 0. The molecule has 0 saturated heterocycles. The van der Waals surface area contributed by atoms with Gasteiger partial charge in [-0.15, -0.1) is 9.24 Å². The summed E-state index contributed by atoms with van der Waals surface area (Å²) in [4.78, 5) is 0. The van der Waals surface area contributed by atoms with Crippen molar-refractivity contribution in [1.29, 1.82) is 5.26 Å². The van der Waals surface area contributed by atoms with Crippen LogP contribution in [0.1, 0.15) is 11.1 Å². The normalized spacial score (nSPS) is 9.18. The molecule has 0 bridgehead atoms. The summed E-state index contributed by atoms with van der Waals surface area (Å²) in [6, 6.07) is 7.70. The fourth-order valence-electron chi connectivity index (χ4n) is 0.827. The molecule has 1 rings (SSSR count). The van der Waals surface area contributed by atoms with Crippen LogP contribution in [-0.4, -0.2) is 0 Å². The quantitative estimate of drug-likeness (QED) is 0.615.